The minimum atomic E-state index is 0.294. The number of aliphatic hydroxyl groups is 1. The number of piperidine rings is 1. The van der Waals surface area contributed by atoms with Gasteiger partial charge in [-0.15, -0.1) is 0 Å². The second-order valence-electron chi connectivity index (χ2n) is 4.49. The number of aliphatic hydroxyl groups excluding tert-OH is 1. The van der Waals surface area contributed by atoms with Crippen molar-refractivity contribution in [3.8, 4) is 0 Å². The first-order valence-corrected chi connectivity index (χ1v) is 5.92. The predicted octanol–water partition coefficient (Wildman–Crippen LogP) is 1.24. The van der Waals surface area contributed by atoms with Crippen LogP contribution >= 0.6 is 0 Å². The maximum Gasteiger partial charge on any atom is 0.0755 e. The van der Waals surface area contributed by atoms with E-state index in [2.05, 4.69) is 21.8 Å². The van der Waals surface area contributed by atoms with E-state index in [1.165, 1.54) is 0 Å². The summed E-state index contributed by atoms with van der Waals surface area (Å²) in [7, 11) is 0. The molecular weight excluding hydrogens is 202 g/mol. The molecule has 1 N–H and O–H groups in total. The van der Waals surface area contributed by atoms with Gasteiger partial charge in [0.15, 0.2) is 0 Å². The molecule has 1 aromatic rings. The molecule has 2 atom stereocenters. The summed E-state index contributed by atoms with van der Waals surface area (Å²) in [5, 5.41) is 9.21. The van der Waals surface area contributed by atoms with Crippen molar-refractivity contribution in [2.24, 2.45) is 5.92 Å². The first-order valence-electron chi connectivity index (χ1n) is 5.92. The summed E-state index contributed by atoms with van der Waals surface area (Å²) in [6.45, 7) is 4.51. The van der Waals surface area contributed by atoms with Crippen LogP contribution in [0, 0.1) is 5.92 Å². The highest BCUT2D eigenvalue weighted by Crippen LogP contribution is 2.24. The molecule has 1 aliphatic rings. The molecule has 4 heteroatoms. The van der Waals surface area contributed by atoms with Gasteiger partial charge in [-0.25, -0.2) is 0 Å². The van der Waals surface area contributed by atoms with E-state index in [0.29, 0.717) is 18.6 Å². The maximum atomic E-state index is 9.21. The van der Waals surface area contributed by atoms with Crippen LogP contribution in [0.4, 0.5) is 0 Å². The van der Waals surface area contributed by atoms with E-state index >= 15 is 0 Å². The summed E-state index contributed by atoms with van der Waals surface area (Å²) in [5.41, 5.74) is 1.01. The van der Waals surface area contributed by atoms with Crippen LogP contribution in [0.3, 0.4) is 0 Å². The minimum absolute atomic E-state index is 0.294. The molecule has 1 fully saturated rings. The zero-order valence-corrected chi connectivity index (χ0v) is 9.71. The molecule has 0 unspecified atom stereocenters. The maximum absolute atomic E-state index is 9.21. The summed E-state index contributed by atoms with van der Waals surface area (Å²) in [5.74, 6) is 0.424. The van der Waals surface area contributed by atoms with Crippen LogP contribution in [0.1, 0.15) is 31.5 Å². The minimum Gasteiger partial charge on any atom is -0.396 e. The van der Waals surface area contributed by atoms with Crippen LogP contribution in [-0.4, -0.2) is 39.7 Å². The normalized spacial score (nSPS) is 24.2. The van der Waals surface area contributed by atoms with E-state index in [9.17, 15) is 5.11 Å². The zero-order valence-electron chi connectivity index (χ0n) is 9.71. The van der Waals surface area contributed by atoms with Gasteiger partial charge in [-0.3, -0.25) is 14.9 Å². The first kappa shape index (κ1) is 11.5. The van der Waals surface area contributed by atoms with Crippen molar-refractivity contribution >= 4 is 0 Å². The molecule has 1 saturated heterocycles. The number of hydrogen-bond acceptors (Lipinski definition) is 4. The number of aromatic nitrogens is 2. The monoisotopic (exact) mass is 221 g/mol. The summed E-state index contributed by atoms with van der Waals surface area (Å²) >= 11 is 0. The molecule has 1 aromatic heterocycles. The van der Waals surface area contributed by atoms with Crippen LogP contribution in [0.2, 0.25) is 0 Å². The van der Waals surface area contributed by atoms with Gasteiger partial charge in [-0.1, -0.05) is 0 Å². The van der Waals surface area contributed by atoms with Crippen LogP contribution in [0.15, 0.2) is 18.6 Å². The molecule has 0 aromatic carbocycles. The second kappa shape index (κ2) is 5.37. The summed E-state index contributed by atoms with van der Waals surface area (Å²) in [6, 6.07) is 0.294. The highest BCUT2D eigenvalue weighted by atomic mass is 16.3. The quantitative estimate of drug-likeness (QED) is 0.834. The van der Waals surface area contributed by atoms with Gasteiger partial charge >= 0.3 is 0 Å². The van der Waals surface area contributed by atoms with Crippen molar-refractivity contribution in [2.45, 2.75) is 25.8 Å². The van der Waals surface area contributed by atoms with Gasteiger partial charge in [0.2, 0.25) is 0 Å². The van der Waals surface area contributed by atoms with Crippen LogP contribution in [-0.2, 0) is 0 Å². The Morgan fingerprint density at radius 1 is 1.56 bits per heavy atom. The Bertz CT molecular complexity index is 317. The highest BCUT2D eigenvalue weighted by Gasteiger charge is 2.24. The lowest BCUT2D eigenvalue weighted by Gasteiger charge is -2.35. The van der Waals surface area contributed by atoms with Crippen molar-refractivity contribution in [2.75, 3.05) is 19.7 Å². The van der Waals surface area contributed by atoms with E-state index < -0.39 is 0 Å². The van der Waals surface area contributed by atoms with E-state index in [-0.39, 0.29) is 0 Å². The fraction of sp³-hybridized carbons (Fsp3) is 0.667. The topological polar surface area (TPSA) is 49.2 Å². The van der Waals surface area contributed by atoms with Gasteiger partial charge < -0.3 is 5.11 Å². The molecule has 0 radical (unpaired) electrons. The SMILES string of the molecule is C[C@H](c1cnccn1)N1CCC[C@@H](CO)C1. The standard InChI is InChI=1S/C12H19N3O/c1-10(12-7-13-4-5-14-12)15-6-2-3-11(8-15)9-16/h4-5,7,10-11,16H,2-3,6,8-9H2,1H3/t10-,11-/m1/s1. The Labute approximate surface area is 96.3 Å². The number of hydrogen-bond donors (Lipinski definition) is 1. The molecule has 0 aliphatic carbocycles. The van der Waals surface area contributed by atoms with Gasteiger partial charge in [0, 0.05) is 31.7 Å². The van der Waals surface area contributed by atoms with Gasteiger partial charge in [-0.2, -0.15) is 0 Å². The fourth-order valence-electron chi connectivity index (χ4n) is 2.31. The number of rotatable bonds is 3. The largest absolute Gasteiger partial charge is 0.396 e. The molecule has 2 heterocycles. The first-order chi connectivity index (χ1) is 7.81. The third-order valence-electron chi connectivity index (χ3n) is 3.37. The molecule has 88 valence electrons. The Balaban J connectivity index is 2.01. The Morgan fingerprint density at radius 3 is 3.12 bits per heavy atom. The molecule has 1 aliphatic heterocycles. The molecule has 0 spiro atoms. The third kappa shape index (κ3) is 2.57. The van der Waals surface area contributed by atoms with Crippen molar-refractivity contribution in [3.05, 3.63) is 24.3 Å². The summed E-state index contributed by atoms with van der Waals surface area (Å²) in [4.78, 5) is 10.8. The molecule has 0 amide bonds. The molecule has 0 saturated carbocycles. The lowest BCUT2D eigenvalue weighted by molar-refractivity contribution is 0.0920. The van der Waals surface area contributed by atoms with Gasteiger partial charge in [-0.05, 0) is 32.2 Å². The summed E-state index contributed by atoms with van der Waals surface area (Å²) < 4.78 is 0. The molecular formula is C12H19N3O. The van der Waals surface area contributed by atoms with E-state index in [1.807, 2.05) is 6.20 Å². The molecule has 0 bridgehead atoms. The molecule has 2 rings (SSSR count). The Kier molecular flexibility index (Phi) is 3.85. The van der Waals surface area contributed by atoms with Crippen LogP contribution in [0.5, 0.6) is 0 Å². The molecule has 4 nitrogen and oxygen atoms in total. The van der Waals surface area contributed by atoms with Gasteiger partial charge in [0.25, 0.3) is 0 Å². The lowest BCUT2D eigenvalue weighted by atomic mass is 9.97. The summed E-state index contributed by atoms with van der Waals surface area (Å²) in [6.07, 6.45) is 7.56. The second-order valence-corrected chi connectivity index (χ2v) is 4.49. The average molecular weight is 221 g/mol. The molecule has 16 heavy (non-hydrogen) atoms. The fourth-order valence-corrected chi connectivity index (χ4v) is 2.31. The Morgan fingerprint density at radius 2 is 2.44 bits per heavy atom. The van der Waals surface area contributed by atoms with Gasteiger partial charge in [0.1, 0.15) is 0 Å². The number of nitrogens with zero attached hydrogens (tertiary/aromatic N) is 3. The van der Waals surface area contributed by atoms with E-state index in [0.717, 1.165) is 31.6 Å². The van der Waals surface area contributed by atoms with Crippen molar-refractivity contribution < 1.29 is 5.11 Å². The predicted molar refractivity (Wildman–Crippen MR) is 61.8 cm³/mol. The smallest absolute Gasteiger partial charge is 0.0755 e. The highest BCUT2D eigenvalue weighted by molar-refractivity contribution is 5.01. The number of likely N-dealkylation sites (tertiary alicyclic amines) is 1. The average Bonchev–Trinajstić information content (AvgIpc) is 2.39. The van der Waals surface area contributed by atoms with Crippen LogP contribution in [0.25, 0.3) is 0 Å². The van der Waals surface area contributed by atoms with E-state index in [4.69, 9.17) is 0 Å². The van der Waals surface area contributed by atoms with E-state index in [1.54, 1.807) is 12.4 Å². The van der Waals surface area contributed by atoms with Crippen molar-refractivity contribution in [1.82, 2.24) is 14.9 Å². The van der Waals surface area contributed by atoms with Crippen molar-refractivity contribution in [1.29, 1.82) is 0 Å². The Hall–Kier alpha value is -1.00. The third-order valence-corrected chi connectivity index (χ3v) is 3.37. The van der Waals surface area contributed by atoms with Crippen LogP contribution < -0.4 is 0 Å². The zero-order chi connectivity index (χ0) is 11.4. The van der Waals surface area contributed by atoms with Crippen molar-refractivity contribution in [3.63, 3.8) is 0 Å². The lowest BCUT2D eigenvalue weighted by Crippen LogP contribution is -2.38. The van der Waals surface area contributed by atoms with Gasteiger partial charge in [0.05, 0.1) is 11.7 Å².